The summed E-state index contributed by atoms with van der Waals surface area (Å²) in [5.41, 5.74) is 0. The van der Waals surface area contributed by atoms with Gasteiger partial charge in [0, 0.05) is 12.8 Å². The maximum Gasteiger partial charge on any atom is 0.306 e. The largest absolute Gasteiger partial charge is 0.462 e. The van der Waals surface area contributed by atoms with Crippen molar-refractivity contribution >= 4 is 11.9 Å². The van der Waals surface area contributed by atoms with Crippen LogP contribution in [-0.4, -0.2) is 36.4 Å². The second-order valence-corrected chi connectivity index (χ2v) is 11.6. The Hall–Kier alpha value is -1.36. The van der Waals surface area contributed by atoms with Crippen molar-refractivity contribution in [3.05, 3.63) is 12.2 Å². The molecule has 40 heavy (non-hydrogen) atoms. The zero-order chi connectivity index (χ0) is 29.4. The number of carbonyl (C=O) groups excluding carboxylic acids is 2. The predicted octanol–water partition coefficient (Wildman–Crippen LogP) is 10.2. The molecule has 0 spiro atoms. The van der Waals surface area contributed by atoms with E-state index >= 15 is 0 Å². The van der Waals surface area contributed by atoms with E-state index in [1.807, 2.05) is 0 Å². The van der Waals surface area contributed by atoms with Gasteiger partial charge in [0.2, 0.25) is 0 Å². The van der Waals surface area contributed by atoms with Crippen LogP contribution in [0.5, 0.6) is 0 Å². The molecule has 0 aliphatic rings. The molecular formula is C35H66O5. The zero-order valence-electron chi connectivity index (χ0n) is 26.6. The summed E-state index contributed by atoms with van der Waals surface area (Å²) in [7, 11) is 0. The van der Waals surface area contributed by atoms with E-state index in [0.29, 0.717) is 12.8 Å². The highest BCUT2D eigenvalue weighted by Gasteiger charge is 2.16. The van der Waals surface area contributed by atoms with Crippen LogP contribution in [0.2, 0.25) is 0 Å². The van der Waals surface area contributed by atoms with E-state index in [0.717, 1.165) is 38.5 Å². The van der Waals surface area contributed by atoms with Gasteiger partial charge in [0.15, 0.2) is 6.10 Å². The van der Waals surface area contributed by atoms with Crippen molar-refractivity contribution in [2.45, 2.75) is 187 Å². The number of aliphatic hydroxyl groups excluding tert-OH is 1. The molecule has 0 aliphatic carbocycles. The van der Waals surface area contributed by atoms with Gasteiger partial charge in [-0.2, -0.15) is 0 Å². The van der Waals surface area contributed by atoms with Crippen LogP contribution < -0.4 is 0 Å². The number of rotatable bonds is 31. The summed E-state index contributed by atoms with van der Waals surface area (Å²) in [5, 5.41) is 9.45. The standard InChI is InChI=1S/C35H66O5/c1-3-5-7-9-11-12-13-14-15-16-17-18-19-20-21-22-24-25-27-29-34(37)39-32-33(31-36)40-35(38)30-28-26-23-10-8-6-4-2/h14-15,33,36H,3-13,16-32H2,1-2H3/b15-14+/t33-/m0/s1. The van der Waals surface area contributed by atoms with Gasteiger partial charge in [-0.3, -0.25) is 9.59 Å². The highest BCUT2D eigenvalue weighted by atomic mass is 16.6. The molecular weight excluding hydrogens is 500 g/mol. The van der Waals surface area contributed by atoms with E-state index in [1.165, 1.54) is 116 Å². The maximum atomic E-state index is 12.0. The highest BCUT2D eigenvalue weighted by Crippen LogP contribution is 2.13. The number of allylic oxidation sites excluding steroid dienone is 2. The van der Waals surface area contributed by atoms with Gasteiger partial charge in [-0.25, -0.2) is 0 Å². The lowest BCUT2D eigenvalue weighted by Gasteiger charge is -2.15. The second-order valence-electron chi connectivity index (χ2n) is 11.6. The van der Waals surface area contributed by atoms with Crippen molar-refractivity contribution in [3.63, 3.8) is 0 Å². The molecule has 0 fully saturated rings. The molecule has 0 radical (unpaired) electrons. The van der Waals surface area contributed by atoms with Crippen molar-refractivity contribution in [1.29, 1.82) is 0 Å². The van der Waals surface area contributed by atoms with Crippen LogP contribution in [0.4, 0.5) is 0 Å². The molecule has 0 amide bonds. The van der Waals surface area contributed by atoms with E-state index in [-0.39, 0.29) is 25.2 Å². The van der Waals surface area contributed by atoms with Crippen molar-refractivity contribution in [3.8, 4) is 0 Å². The zero-order valence-corrected chi connectivity index (χ0v) is 26.6. The smallest absolute Gasteiger partial charge is 0.306 e. The topological polar surface area (TPSA) is 72.8 Å². The number of esters is 2. The fourth-order valence-corrected chi connectivity index (χ4v) is 4.90. The minimum Gasteiger partial charge on any atom is -0.462 e. The van der Waals surface area contributed by atoms with Crippen molar-refractivity contribution in [2.24, 2.45) is 0 Å². The van der Waals surface area contributed by atoms with Gasteiger partial charge in [0.1, 0.15) is 6.61 Å². The van der Waals surface area contributed by atoms with Crippen LogP contribution >= 0.6 is 0 Å². The Morgan fingerprint density at radius 2 is 0.925 bits per heavy atom. The minimum atomic E-state index is -0.762. The van der Waals surface area contributed by atoms with Gasteiger partial charge in [0.25, 0.3) is 0 Å². The fraction of sp³-hybridized carbons (Fsp3) is 0.886. The monoisotopic (exact) mass is 566 g/mol. The lowest BCUT2D eigenvalue weighted by molar-refractivity contribution is -0.161. The van der Waals surface area contributed by atoms with Gasteiger partial charge in [0.05, 0.1) is 6.61 Å². The van der Waals surface area contributed by atoms with Crippen LogP contribution in [0.25, 0.3) is 0 Å². The van der Waals surface area contributed by atoms with Gasteiger partial charge in [-0.1, -0.05) is 142 Å². The summed E-state index contributed by atoms with van der Waals surface area (Å²) in [6.07, 6.45) is 34.2. The second kappa shape index (κ2) is 32.2. The normalized spacial score (nSPS) is 12.2. The first-order valence-electron chi connectivity index (χ1n) is 17.2. The molecule has 5 heteroatoms. The molecule has 5 nitrogen and oxygen atoms in total. The van der Waals surface area contributed by atoms with Crippen LogP contribution in [0.1, 0.15) is 181 Å². The quantitative estimate of drug-likeness (QED) is 0.0513. The van der Waals surface area contributed by atoms with Gasteiger partial charge >= 0.3 is 11.9 Å². The molecule has 1 N–H and O–H groups in total. The van der Waals surface area contributed by atoms with Gasteiger partial charge in [-0.15, -0.1) is 0 Å². The molecule has 0 bridgehead atoms. The third-order valence-electron chi connectivity index (χ3n) is 7.56. The maximum absolute atomic E-state index is 12.0. The molecule has 0 aromatic rings. The molecule has 0 saturated carbocycles. The number of carbonyl (C=O) groups is 2. The van der Waals surface area contributed by atoms with Crippen molar-refractivity contribution in [1.82, 2.24) is 0 Å². The summed E-state index contributed by atoms with van der Waals surface area (Å²) >= 11 is 0. The Kier molecular flexibility index (Phi) is 31.1. The van der Waals surface area contributed by atoms with E-state index in [9.17, 15) is 14.7 Å². The molecule has 0 aromatic heterocycles. The lowest BCUT2D eigenvalue weighted by Crippen LogP contribution is -2.28. The molecule has 0 unspecified atom stereocenters. The average molecular weight is 567 g/mol. The minimum absolute atomic E-state index is 0.0625. The number of unbranched alkanes of at least 4 members (excludes halogenated alkanes) is 21. The van der Waals surface area contributed by atoms with Gasteiger partial charge in [-0.05, 0) is 38.5 Å². The van der Waals surface area contributed by atoms with Gasteiger partial charge < -0.3 is 14.6 Å². The molecule has 0 heterocycles. The first-order valence-corrected chi connectivity index (χ1v) is 17.2. The number of aliphatic hydroxyl groups is 1. The predicted molar refractivity (Wildman–Crippen MR) is 168 cm³/mol. The Labute approximate surface area is 248 Å². The average Bonchev–Trinajstić information content (AvgIpc) is 2.95. The number of ether oxygens (including phenoxy) is 2. The third kappa shape index (κ3) is 29.6. The van der Waals surface area contributed by atoms with E-state index in [1.54, 1.807) is 0 Å². The Balaban J connectivity index is 3.49. The SMILES string of the molecule is CCCCCCCC/C=C/CCCCCCCCCCCC(=O)OC[C@H](CO)OC(=O)CCCCCCCCC. The van der Waals surface area contributed by atoms with Crippen LogP contribution in [0, 0.1) is 0 Å². The molecule has 0 aromatic carbocycles. The molecule has 0 rings (SSSR count). The highest BCUT2D eigenvalue weighted by molar-refractivity contribution is 5.70. The van der Waals surface area contributed by atoms with Crippen molar-refractivity contribution in [2.75, 3.05) is 13.2 Å². The summed E-state index contributed by atoms with van der Waals surface area (Å²) in [6.45, 7) is 4.08. The Morgan fingerprint density at radius 1 is 0.550 bits per heavy atom. The Bertz CT molecular complexity index is 574. The fourth-order valence-electron chi connectivity index (χ4n) is 4.90. The van der Waals surface area contributed by atoms with Crippen LogP contribution in [0.3, 0.4) is 0 Å². The molecule has 0 saturated heterocycles. The third-order valence-corrected chi connectivity index (χ3v) is 7.56. The van der Waals surface area contributed by atoms with E-state index in [4.69, 9.17) is 9.47 Å². The van der Waals surface area contributed by atoms with Crippen molar-refractivity contribution < 1.29 is 24.2 Å². The summed E-state index contributed by atoms with van der Waals surface area (Å²) < 4.78 is 10.5. The summed E-state index contributed by atoms with van der Waals surface area (Å²) in [5.74, 6) is -0.595. The summed E-state index contributed by atoms with van der Waals surface area (Å²) in [4.78, 5) is 24.0. The summed E-state index contributed by atoms with van der Waals surface area (Å²) in [6, 6.07) is 0. The molecule has 1 atom stereocenters. The first-order chi connectivity index (χ1) is 19.6. The van der Waals surface area contributed by atoms with E-state index in [2.05, 4.69) is 26.0 Å². The molecule has 236 valence electrons. The van der Waals surface area contributed by atoms with E-state index < -0.39 is 6.10 Å². The first kappa shape index (κ1) is 38.6. The Morgan fingerprint density at radius 3 is 1.35 bits per heavy atom. The number of hydrogen-bond donors (Lipinski definition) is 1. The van der Waals surface area contributed by atoms with Crippen LogP contribution in [0.15, 0.2) is 12.2 Å². The van der Waals surface area contributed by atoms with Crippen LogP contribution in [-0.2, 0) is 19.1 Å². The lowest BCUT2D eigenvalue weighted by atomic mass is 10.1. The number of hydrogen-bond acceptors (Lipinski definition) is 5. The molecule has 0 aliphatic heterocycles.